The quantitative estimate of drug-likeness (QED) is 0.525. The smallest absolute Gasteiger partial charge is 0.0944 e. The van der Waals surface area contributed by atoms with Crippen molar-refractivity contribution >= 4 is 0 Å². The lowest BCUT2D eigenvalue weighted by Crippen LogP contribution is -2.25. The molecule has 0 atom stereocenters. The van der Waals surface area contributed by atoms with Gasteiger partial charge in [-0.05, 0) is 27.2 Å². The molecule has 1 rings (SSSR count). The highest BCUT2D eigenvalue weighted by Crippen LogP contribution is 2.14. The van der Waals surface area contributed by atoms with Crippen LogP contribution in [0.2, 0.25) is 0 Å². The van der Waals surface area contributed by atoms with Gasteiger partial charge in [0.1, 0.15) is 0 Å². The van der Waals surface area contributed by atoms with E-state index in [1.54, 1.807) is 0 Å². The summed E-state index contributed by atoms with van der Waals surface area (Å²) in [6.07, 6.45) is 9.71. The van der Waals surface area contributed by atoms with Crippen LogP contribution in [-0.4, -0.2) is 11.7 Å². The average molecular weight is 152 g/mol. The Hall–Kier alpha value is -0.560. The molecule has 0 unspecified atom stereocenters. The monoisotopic (exact) mass is 152 g/mol. The summed E-state index contributed by atoms with van der Waals surface area (Å²) in [5.74, 6) is 0. The van der Waals surface area contributed by atoms with Gasteiger partial charge in [0.15, 0.2) is 0 Å². The maximum Gasteiger partial charge on any atom is 0.0944 e. The van der Waals surface area contributed by atoms with Crippen LogP contribution in [0.5, 0.6) is 0 Å². The van der Waals surface area contributed by atoms with Gasteiger partial charge in [0.05, 0.1) is 11.7 Å². The van der Waals surface area contributed by atoms with Gasteiger partial charge in [-0.15, -0.1) is 0 Å². The van der Waals surface area contributed by atoms with Gasteiger partial charge < -0.3 is 4.74 Å². The number of rotatable bonds is 1. The normalized spacial score (nSPS) is 19.2. The van der Waals surface area contributed by atoms with E-state index in [9.17, 15) is 0 Å². The molecule has 1 aliphatic rings. The minimum absolute atomic E-state index is 0.0450. The Morgan fingerprint density at radius 3 is 2.18 bits per heavy atom. The van der Waals surface area contributed by atoms with Crippen LogP contribution < -0.4 is 0 Å². The lowest BCUT2D eigenvalue weighted by molar-refractivity contribution is -0.0184. The zero-order chi connectivity index (χ0) is 8.32. The highest BCUT2D eigenvalue weighted by molar-refractivity contribution is 5.10. The van der Waals surface area contributed by atoms with Gasteiger partial charge in [-0.3, -0.25) is 0 Å². The van der Waals surface area contributed by atoms with Crippen molar-refractivity contribution < 1.29 is 4.74 Å². The largest absolute Gasteiger partial charge is 0.364 e. The first kappa shape index (κ1) is 8.54. The Bertz CT molecular complexity index is 160. The van der Waals surface area contributed by atoms with E-state index in [2.05, 4.69) is 45.1 Å². The number of hydrogen-bond donors (Lipinski definition) is 0. The highest BCUT2D eigenvalue weighted by atomic mass is 16.5. The Kier molecular flexibility index (Phi) is 2.50. The van der Waals surface area contributed by atoms with Crippen LogP contribution in [0.1, 0.15) is 27.2 Å². The molecule has 0 spiro atoms. The number of ether oxygens (including phenoxy) is 1. The second-order valence-electron chi connectivity index (χ2n) is 3.79. The SMILES string of the molecule is CC(C)(C)OC1C=CCC=C1. The summed E-state index contributed by atoms with van der Waals surface area (Å²) < 4.78 is 5.70. The maximum atomic E-state index is 5.70. The molecule has 0 N–H and O–H groups in total. The maximum absolute atomic E-state index is 5.70. The summed E-state index contributed by atoms with van der Waals surface area (Å²) in [7, 11) is 0. The van der Waals surface area contributed by atoms with E-state index in [1.807, 2.05) is 0 Å². The summed E-state index contributed by atoms with van der Waals surface area (Å²) in [6.45, 7) is 6.22. The Morgan fingerprint density at radius 2 is 1.73 bits per heavy atom. The van der Waals surface area contributed by atoms with Gasteiger partial charge in [0.2, 0.25) is 0 Å². The third-order valence-electron chi connectivity index (χ3n) is 1.41. The molecule has 0 fully saturated rings. The number of hydrogen-bond acceptors (Lipinski definition) is 1. The van der Waals surface area contributed by atoms with Crippen LogP contribution in [0.3, 0.4) is 0 Å². The molecule has 1 nitrogen and oxygen atoms in total. The Morgan fingerprint density at radius 1 is 1.18 bits per heavy atom. The van der Waals surface area contributed by atoms with E-state index in [1.165, 1.54) is 0 Å². The van der Waals surface area contributed by atoms with Crippen LogP contribution in [0.4, 0.5) is 0 Å². The van der Waals surface area contributed by atoms with Gasteiger partial charge in [-0.2, -0.15) is 0 Å². The summed E-state index contributed by atoms with van der Waals surface area (Å²) in [4.78, 5) is 0. The topological polar surface area (TPSA) is 9.23 Å². The van der Waals surface area contributed by atoms with Gasteiger partial charge >= 0.3 is 0 Å². The summed E-state index contributed by atoms with van der Waals surface area (Å²) >= 11 is 0. The highest BCUT2D eigenvalue weighted by Gasteiger charge is 2.14. The predicted octanol–water partition coefficient (Wildman–Crippen LogP) is 2.69. The van der Waals surface area contributed by atoms with Gasteiger partial charge in [-0.1, -0.05) is 24.3 Å². The molecule has 0 amide bonds. The summed E-state index contributed by atoms with van der Waals surface area (Å²) in [5, 5.41) is 0. The molecule has 0 saturated heterocycles. The molecule has 11 heavy (non-hydrogen) atoms. The lowest BCUT2D eigenvalue weighted by Gasteiger charge is -2.24. The van der Waals surface area contributed by atoms with Crippen molar-refractivity contribution in [2.75, 3.05) is 0 Å². The molecule has 0 radical (unpaired) electrons. The van der Waals surface area contributed by atoms with Gasteiger partial charge in [-0.25, -0.2) is 0 Å². The molecule has 0 aromatic carbocycles. The average Bonchev–Trinajstić information content (AvgIpc) is 1.85. The molecule has 62 valence electrons. The van der Waals surface area contributed by atoms with Crippen molar-refractivity contribution in [3.8, 4) is 0 Å². The molecule has 1 aliphatic carbocycles. The van der Waals surface area contributed by atoms with Crippen LogP contribution in [0.25, 0.3) is 0 Å². The fourth-order valence-corrected chi connectivity index (χ4v) is 1.05. The molecule has 0 aromatic rings. The molecular weight excluding hydrogens is 136 g/mol. The molecule has 1 heteroatoms. The first-order valence-electron chi connectivity index (χ1n) is 4.09. The van der Waals surface area contributed by atoms with E-state index in [-0.39, 0.29) is 11.7 Å². The zero-order valence-corrected chi connectivity index (χ0v) is 7.50. The first-order valence-corrected chi connectivity index (χ1v) is 4.09. The van der Waals surface area contributed by atoms with E-state index in [0.29, 0.717) is 0 Å². The van der Waals surface area contributed by atoms with Crippen molar-refractivity contribution in [2.24, 2.45) is 0 Å². The fourth-order valence-electron chi connectivity index (χ4n) is 1.05. The van der Waals surface area contributed by atoms with Gasteiger partial charge in [0, 0.05) is 0 Å². The Labute approximate surface area is 68.8 Å². The summed E-state index contributed by atoms with van der Waals surface area (Å²) in [6, 6.07) is 0. The number of allylic oxidation sites excluding steroid dienone is 2. The standard InChI is InChI=1S/C10H16O/c1-10(2,3)11-9-7-5-4-6-8-9/h5-9H,4H2,1-3H3. The molecule has 0 bridgehead atoms. The van der Waals surface area contributed by atoms with Crippen LogP contribution in [0.15, 0.2) is 24.3 Å². The third kappa shape index (κ3) is 3.38. The van der Waals surface area contributed by atoms with E-state index < -0.39 is 0 Å². The van der Waals surface area contributed by atoms with Crippen molar-refractivity contribution in [3.63, 3.8) is 0 Å². The lowest BCUT2D eigenvalue weighted by atomic mass is 10.1. The second-order valence-corrected chi connectivity index (χ2v) is 3.79. The van der Waals surface area contributed by atoms with Crippen LogP contribution in [-0.2, 0) is 4.74 Å². The van der Waals surface area contributed by atoms with Gasteiger partial charge in [0.25, 0.3) is 0 Å². The Balaban J connectivity index is 2.43. The van der Waals surface area contributed by atoms with Crippen molar-refractivity contribution in [2.45, 2.75) is 38.9 Å². The zero-order valence-electron chi connectivity index (χ0n) is 7.50. The molecule has 0 heterocycles. The van der Waals surface area contributed by atoms with Crippen molar-refractivity contribution in [3.05, 3.63) is 24.3 Å². The molecular formula is C10H16O. The second kappa shape index (κ2) is 3.22. The van der Waals surface area contributed by atoms with Crippen molar-refractivity contribution in [1.29, 1.82) is 0 Å². The molecule has 0 saturated carbocycles. The molecule has 0 aromatic heterocycles. The third-order valence-corrected chi connectivity index (χ3v) is 1.41. The molecule has 0 aliphatic heterocycles. The first-order chi connectivity index (χ1) is 5.08. The van der Waals surface area contributed by atoms with Crippen molar-refractivity contribution in [1.82, 2.24) is 0 Å². The minimum Gasteiger partial charge on any atom is -0.364 e. The fraction of sp³-hybridized carbons (Fsp3) is 0.600. The van der Waals surface area contributed by atoms with E-state index in [4.69, 9.17) is 4.74 Å². The summed E-state index contributed by atoms with van der Waals surface area (Å²) in [5.41, 5.74) is -0.0450. The van der Waals surface area contributed by atoms with Crippen LogP contribution in [0, 0.1) is 0 Å². The predicted molar refractivity (Wildman–Crippen MR) is 47.5 cm³/mol. The minimum atomic E-state index is -0.0450. The van der Waals surface area contributed by atoms with E-state index in [0.717, 1.165) is 6.42 Å². The van der Waals surface area contributed by atoms with Crippen LogP contribution >= 0.6 is 0 Å². The van der Waals surface area contributed by atoms with E-state index >= 15 is 0 Å².